The first-order valence-electron chi connectivity index (χ1n) is 5.80. The molecular formula is C11H16N4O3. The van der Waals surface area contributed by atoms with Gasteiger partial charge in [0.1, 0.15) is 6.10 Å². The summed E-state index contributed by atoms with van der Waals surface area (Å²) in [4.78, 5) is 26.7. The molecule has 2 unspecified atom stereocenters. The third-order valence-electron chi connectivity index (χ3n) is 2.96. The lowest BCUT2D eigenvalue weighted by Gasteiger charge is -2.13. The number of hydrazine groups is 1. The lowest BCUT2D eigenvalue weighted by Crippen LogP contribution is -2.39. The predicted octanol–water partition coefficient (Wildman–Crippen LogP) is -0.911. The number of aryl methyl sites for hydroxylation is 1. The zero-order chi connectivity index (χ0) is 13.1. The number of nitrogens with one attached hydrogen (secondary N) is 1. The number of nitrogens with two attached hydrogens (primary N) is 1. The van der Waals surface area contributed by atoms with Crippen molar-refractivity contribution in [1.82, 2.24) is 15.0 Å². The van der Waals surface area contributed by atoms with E-state index >= 15 is 0 Å². The molecule has 3 N–H and O–H groups in total. The number of amides is 1. The van der Waals surface area contributed by atoms with E-state index in [1.807, 2.05) is 0 Å². The van der Waals surface area contributed by atoms with Gasteiger partial charge in [-0.1, -0.05) is 0 Å². The van der Waals surface area contributed by atoms with Crippen LogP contribution in [-0.2, 0) is 16.1 Å². The lowest BCUT2D eigenvalue weighted by molar-refractivity contribution is -0.132. The molecule has 1 aromatic heterocycles. The maximum atomic E-state index is 11.6. The van der Waals surface area contributed by atoms with E-state index in [2.05, 4.69) is 10.4 Å². The zero-order valence-electron chi connectivity index (χ0n) is 10.1. The molecule has 0 spiro atoms. The molecule has 0 aromatic carbocycles. The summed E-state index contributed by atoms with van der Waals surface area (Å²) >= 11 is 0. The van der Waals surface area contributed by atoms with E-state index in [9.17, 15) is 9.59 Å². The van der Waals surface area contributed by atoms with Gasteiger partial charge in [-0.2, -0.15) is 4.98 Å². The van der Waals surface area contributed by atoms with Crippen LogP contribution in [0.25, 0.3) is 0 Å². The lowest BCUT2D eigenvalue weighted by atomic mass is 10.2. The molecule has 1 fully saturated rings. The molecule has 1 aliphatic heterocycles. The van der Waals surface area contributed by atoms with Crippen LogP contribution in [0.5, 0.6) is 0 Å². The Morgan fingerprint density at radius 3 is 3.11 bits per heavy atom. The van der Waals surface area contributed by atoms with Crippen molar-refractivity contribution in [3.8, 4) is 0 Å². The molecule has 2 rings (SSSR count). The predicted molar refractivity (Wildman–Crippen MR) is 63.5 cm³/mol. The first kappa shape index (κ1) is 12.7. The molecule has 1 aromatic rings. The number of hydrogen-bond acceptors (Lipinski definition) is 5. The second kappa shape index (κ2) is 5.28. The maximum Gasteiger partial charge on any atom is 0.347 e. The summed E-state index contributed by atoms with van der Waals surface area (Å²) in [5.41, 5.74) is 2.45. The number of carbonyl (C=O) groups excluding carboxylic acids is 1. The molecule has 2 atom stereocenters. The van der Waals surface area contributed by atoms with Crippen molar-refractivity contribution >= 4 is 5.91 Å². The fourth-order valence-electron chi connectivity index (χ4n) is 2.00. The van der Waals surface area contributed by atoms with E-state index in [1.165, 1.54) is 4.57 Å². The van der Waals surface area contributed by atoms with Gasteiger partial charge < -0.3 is 4.74 Å². The van der Waals surface area contributed by atoms with Crippen LogP contribution < -0.4 is 17.0 Å². The van der Waals surface area contributed by atoms with Crippen LogP contribution in [0.15, 0.2) is 17.1 Å². The minimum atomic E-state index is -0.519. The van der Waals surface area contributed by atoms with E-state index in [0.717, 1.165) is 6.42 Å². The second-order valence-electron chi connectivity index (χ2n) is 4.34. The Kier molecular flexibility index (Phi) is 3.73. The molecule has 2 heterocycles. The molecule has 1 aliphatic rings. The molecule has 98 valence electrons. The summed E-state index contributed by atoms with van der Waals surface area (Å²) < 4.78 is 7.01. The second-order valence-corrected chi connectivity index (χ2v) is 4.34. The van der Waals surface area contributed by atoms with Gasteiger partial charge in [-0.25, -0.2) is 10.6 Å². The van der Waals surface area contributed by atoms with Crippen molar-refractivity contribution in [2.45, 2.75) is 38.5 Å². The summed E-state index contributed by atoms with van der Waals surface area (Å²) in [5, 5.41) is 0. The highest BCUT2D eigenvalue weighted by molar-refractivity contribution is 5.80. The normalized spacial score (nSPS) is 23.0. The van der Waals surface area contributed by atoms with E-state index < -0.39 is 6.10 Å². The van der Waals surface area contributed by atoms with E-state index in [-0.39, 0.29) is 17.7 Å². The molecule has 7 heteroatoms. The topological polar surface area (TPSA) is 99.2 Å². The number of ether oxygens (including phenoxy) is 1. The van der Waals surface area contributed by atoms with Crippen LogP contribution >= 0.6 is 0 Å². The van der Waals surface area contributed by atoms with Crippen molar-refractivity contribution in [2.75, 3.05) is 0 Å². The summed E-state index contributed by atoms with van der Waals surface area (Å²) in [7, 11) is 0. The fourth-order valence-corrected chi connectivity index (χ4v) is 2.00. The third kappa shape index (κ3) is 2.74. The summed E-state index contributed by atoms with van der Waals surface area (Å²) in [6.45, 7) is 2.17. The van der Waals surface area contributed by atoms with Crippen molar-refractivity contribution in [2.24, 2.45) is 5.84 Å². The van der Waals surface area contributed by atoms with Gasteiger partial charge in [0, 0.05) is 11.9 Å². The number of aromatic nitrogens is 2. The van der Waals surface area contributed by atoms with Gasteiger partial charge in [0.05, 0.1) is 12.6 Å². The summed E-state index contributed by atoms with van der Waals surface area (Å²) in [6.07, 6.45) is 2.34. The van der Waals surface area contributed by atoms with Gasteiger partial charge in [-0.3, -0.25) is 14.8 Å². The van der Waals surface area contributed by atoms with Gasteiger partial charge in [0.15, 0.2) is 0 Å². The first-order chi connectivity index (χ1) is 8.60. The van der Waals surface area contributed by atoms with Crippen molar-refractivity contribution in [3.05, 3.63) is 28.4 Å². The highest BCUT2D eigenvalue weighted by Gasteiger charge is 2.30. The molecule has 7 nitrogen and oxygen atoms in total. The average Bonchev–Trinajstić information content (AvgIpc) is 2.80. The number of rotatable bonds is 3. The molecule has 18 heavy (non-hydrogen) atoms. The van der Waals surface area contributed by atoms with Crippen LogP contribution in [0.4, 0.5) is 0 Å². The van der Waals surface area contributed by atoms with E-state index in [1.54, 1.807) is 19.2 Å². The van der Waals surface area contributed by atoms with Crippen LogP contribution in [0.1, 0.15) is 18.5 Å². The van der Waals surface area contributed by atoms with Gasteiger partial charge in [0.2, 0.25) is 0 Å². The number of hydrogen-bond donors (Lipinski definition) is 2. The van der Waals surface area contributed by atoms with Crippen molar-refractivity contribution in [3.63, 3.8) is 0 Å². The zero-order valence-corrected chi connectivity index (χ0v) is 10.1. The molecule has 0 bridgehead atoms. The molecule has 1 amide bonds. The standard InChI is InChI=1S/C11H16N4O3/c1-7-4-5-15(11(17)13-7)6-8-2-3-9(18-8)10(16)14-12/h4-5,8-9H,2-3,6,12H2,1H3,(H,14,16). The Labute approximate surface area is 104 Å². The Hall–Kier alpha value is -1.73. The van der Waals surface area contributed by atoms with Crippen molar-refractivity contribution < 1.29 is 9.53 Å². The summed E-state index contributed by atoms with van der Waals surface area (Å²) in [6, 6.07) is 1.76. The number of nitrogens with zero attached hydrogens (tertiary/aromatic N) is 2. The minimum Gasteiger partial charge on any atom is -0.363 e. The van der Waals surface area contributed by atoms with Crippen LogP contribution in [0, 0.1) is 6.92 Å². The smallest absolute Gasteiger partial charge is 0.347 e. The SMILES string of the molecule is Cc1ccn(CC2CCC(C(=O)NN)O2)c(=O)n1. The highest BCUT2D eigenvalue weighted by atomic mass is 16.5. The van der Waals surface area contributed by atoms with E-state index in [4.69, 9.17) is 10.6 Å². The fraction of sp³-hybridized carbons (Fsp3) is 0.545. The molecule has 1 saturated heterocycles. The average molecular weight is 252 g/mol. The molecule has 0 saturated carbocycles. The highest BCUT2D eigenvalue weighted by Crippen LogP contribution is 2.20. The molecular weight excluding hydrogens is 236 g/mol. The quantitative estimate of drug-likeness (QED) is 0.412. The van der Waals surface area contributed by atoms with Gasteiger partial charge in [0.25, 0.3) is 5.91 Å². The van der Waals surface area contributed by atoms with Gasteiger partial charge in [-0.15, -0.1) is 0 Å². The summed E-state index contributed by atoms with van der Waals surface area (Å²) in [5.74, 6) is 4.72. The van der Waals surface area contributed by atoms with Gasteiger partial charge >= 0.3 is 5.69 Å². The van der Waals surface area contributed by atoms with Crippen LogP contribution in [0.2, 0.25) is 0 Å². The Bertz CT molecular complexity index is 499. The van der Waals surface area contributed by atoms with E-state index in [0.29, 0.717) is 18.7 Å². The third-order valence-corrected chi connectivity index (χ3v) is 2.96. The maximum absolute atomic E-state index is 11.6. The Morgan fingerprint density at radius 2 is 2.44 bits per heavy atom. The number of carbonyl (C=O) groups is 1. The Balaban J connectivity index is 1.99. The van der Waals surface area contributed by atoms with Crippen LogP contribution in [0.3, 0.4) is 0 Å². The first-order valence-corrected chi connectivity index (χ1v) is 5.80. The molecule has 0 radical (unpaired) electrons. The molecule has 0 aliphatic carbocycles. The monoisotopic (exact) mass is 252 g/mol. The Morgan fingerprint density at radius 1 is 1.67 bits per heavy atom. The van der Waals surface area contributed by atoms with Gasteiger partial charge in [-0.05, 0) is 25.8 Å². The minimum absolute atomic E-state index is 0.158. The largest absolute Gasteiger partial charge is 0.363 e. The van der Waals surface area contributed by atoms with Crippen molar-refractivity contribution in [1.29, 1.82) is 0 Å². The van der Waals surface area contributed by atoms with Crippen LogP contribution in [-0.4, -0.2) is 27.7 Å².